The smallest absolute Gasteiger partial charge is 0.167 e. The molecular weight excluding hydrogens is 256 g/mol. The molecule has 98 valence electrons. The number of hydrogen-bond donors (Lipinski definition) is 0. The summed E-state index contributed by atoms with van der Waals surface area (Å²) in [6.07, 6.45) is 2.56. The molecule has 1 aliphatic carbocycles. The van der Waals surface area contributed by atoms with Gasteiger partial charge in [0.1, 0.15) is 0 Å². The van der Waals surface area contributed by atoms with Crippen LogP contribution >= 0.6 is 0 Å². The molecule has 0 saturated heterocycles. The third-order valence-electron chi connectivity index (χ3n) is 4.60. The Morgan fingerprint density at radius 2 is 1.38 bits per heavy atom. The lowest BCUT2D eigenvalue weighted by Crippen LogP contribution is -2.15. The van der Waals surface area contributed by atoms with Crippen LogP contribution in [0.4, 0.5) is 0 Å². The molecule has 0 N–H and O–H groups in total. The highest BCUT2D eigenvalue weighted by Gasteiger charge is 2.20. The molecular formula is C20H12O. The average molecular weight is 268 g/mol. The molecule has 0 radical (unpaired) electrons. The van der Waals surface area contributed by atoms with Gasteiger partial charge in [0, 0.05) is 17.4 Å². The van der Waals surface area contributed by atoms with Crippen LogP contribution in [-0.2, 0) is 0 Å². The summed E-state index contributed by atoms with van der Waals surface area (Å²) in [7, 11) is 0. The molecule has 4 aromatic rings. The predicted molar refractivity (Wildman–Crippen MR) is 87.6 cm³/mol. The van der Waals surface area contributed by atoms with Crippen molar-refractivity contribution in [3.8, 4) is 0 Å². The fourth-order valence-corrected chi connectivity index (χ4v) is 3.75. The Bertz CT molecular complexity index is 1110. The van der Waals surface area contributed by atoms with Crippen molar-refractivity contribution < 1.29 is 4.79 Å². The normalized spacial score (nSPS) is 14.0. The van der Waals surface area contributed by atoms with E-state index in [1.165, 1.54) is 26.8 Å². The van der Waals surface area contributed by atoms with E-state index in [9.17, 15) is 4.79 Å². The zero-order valence-electron chi connectivity index (χ0n) is 11.4. The summed E-state index contributed by atoms with van der Waals surface area (Å²) in [5.41, 5.74) is 0.910. The number of Topliss-reactive ketones (excluding diaryl/α,β-unsaturated/α-hetero) is 1. The van der Waals surface area contributed by atoms with Gasteiger partial charge in [0.2, 0.25) is 0 Å². The minimum Gasteiger partial charge on any atom is -0.294 e. The maximum atomic E-state index is 12.6. The van der Waals surface area contributed by atoms with E-state index in [1.54, 1.807) is 0 Å². The van der Waals surface area contributed by atoms with Crippen molar-refractivity contribution in [1.29, 1.82) is 0 Å². The number of benzene rings is 4. The van der Waals surface area contributed by atoms with E-state index in [0.29, 0.717) is 6.42 Å². The van der Waals surface area contributed by atoms with Crippen molar-refractivity contribution >= 4 is 44.2 Å². The summed E-state index contributed by atoms with van der Waals surface area (Å²) < 4.78 is 0. The highest BCUT2D eigenvalue weighted by Crippen LogP contribution is 2.37. The summed E-state index contributed by atoms with van der Waals surface area (Å²) in [5.74, 6) is 0.233. The summed E-state index contributed by atoms with van der Waals surface area (Å²) in [4.78, 5) is 12.6. The minimum absolute atomic E-state index is 0.233. The summed E-state index contributed by atoms with van der Waals surface area (Å²) >= 11 is 0. The van der Waals surface area contributed by atoms with Gasteiger partial charge in [-0.25, -0.2) is 0 Å². The monoisotopic (exact) mass is 268 g/mol. The number of fused-ring (bicyclic) bond motifs is 2. The standard InChI is InChI=1S/C20H12O/c21-17-11-10-13-6-2-8-15-14-7-1-4-12-5-3-9-16(18(12)14)20(17)19(13)15/h1-10H,11H2. The first-order valence-electron chi connectivity index (χ1n) is 7.24. The lowest BCUT2D eigenvalue weighted by molar-refractivity contribution is 0.100. The summed E-state index contributed by atoms with van der Waals surface area (Å²) in [5, 5.41) is 8.27. The number of ketones is 1. The van der Waals surface area contributed by atoms with Gasteiger partial charge in [-0.1, -0.05) is 60.7 Å². The Hall–Kier alpha value is -2.67. The predicted octanol–water partition coefficient (Wildman–Crippen LogP) is 4.23. The SMILES string of the molecule is O=C1CC=c2cccc3c2c1c1cccc2cccc3c21. The van der Waals surface area contributed by atoms with Crippen molar-refractivity contribution in [2.45, 2.75) is 6.42 Å². The highest BCUT2D eigenvalue weighted by atomic mass is 16.1. The maximum absolute atomic E-state index is 12.6. The van der Waals surface area contributed by atoms with Gasteiger partial charge >= 0.3 is 0 Å². The van der Waals surface area contributed by atoms with Gasteiger partial charge in [-0.05, 0) is 32.1 Å². The van der Waals surface area contributed by atoms with E-state index in [2.05, 4.69) is 54.6 Å². The van der Waals surface area contributed by atoms with Crippen LogP contribution in [0.2, 0.25) is 0 Å². The van der Waals surface area contributed by atoms with Crippen LogP contribution < -0.4 is 5.22 Å². The van der Waals surface area contributed by atoms with Crippen LogP contribution in [0.3, 0.4) is 0 Å². The largest absolute Gasteiger partial charge is 0.294 e. The highest BCUT2D eigenvalue weighted by molar-refractivity contribution is 6.31. The van der Waals surface area contributed by atoms with Gasteiger partial charge < -0.3 is 0 Å². The zero-order chi connectivity index (χ0) is 14.0. The first kappa shape index (κ1) is 11.0. The van der Waals surface area contributed by atoms with Gasteiger partial charge in [0.15, 0.2) is 5.78 Å². The molecule has 0 spiro atoms. The maximum Gasteiger partial charge on any atom is 0.167 e. The molecule has 5 rings (SSSR count). The Kier molecular flexibility index (Phi) is 1.95. The molecule has 0 aromatic heterocycles. The van der Waals surface area contributed by atoms with Crippen LogP contribution in [0.5, 0.6) is 0 Å². The molecule has 0 heterocycles. The molecule has 4 aromatic carbocycles. The fourth-order valence-electron chi connectivity index (χ4n) is 3.75. The number of hydrogen-bond acceptors (Lipinski definition) is 1. The Labute approximate surface area is 121 Å². The molecule has 0 aliphatic heterocycles. The molecule has 0 fully saturated rings. The number of carbonyl (C=O) groups excluding carboxylic acids is 1. The second-order valence-electron chi connectivity index (χ2n) is 5.69. The molecule has 1 heteroatoms. The number of carbonyl (C=O) groups is 1. The van der Waals surface area contributed by atoms with Crippen LogP contribution in [0.15, 0.2) is 54.6 Å². The number of rotatable bonds is 0. The molecule has 0 bridgehead atoms. The average Bonchev–Trinajstić information content (AvgIpc) is 2.53. The van der Waals surface area contributed by atoms with Crippen molar-refractivity contribution in [2.24, 2.45) is 0 Å². The van der Waals surface area contributed by atoms with Crippen molar-refractivity contribution in [1.82, 2.24) is 0 Å². The van der Waals surface area contributed by atoms with E-state index in [0.717, 1.165) is 16.3 Å². The molecule has 0 saturated carbocycles. The molecule has 0 amide bonds. The van der Waals surface area contributed by atoms with Crippen LogP contribution in [0, 0.1) is 0 Å². The van der Waals surface area contributed by atoms with Crippen LogP contribution in [0.25, 0.3) is 38.4 Å². The van der Waals surface area contributed by atoms with Gasteiger partial charge in [-0.15, -0.1) is 0 Å². The second kappa shape index (κ2) is 3.70. The molecule has 1 aliphatic rings. The van der Waals surface area contributed by atoms with E-state index in [4.69, 9.17) is 0 Å². The first-order chi connectivity index (χ1) is 10.3. The van der Waals surface area contributed by atoms with Crippen molar-refractivity contribution in [2.75, 3.05) is 0 Å². The van der Waals surface area contributed by atoms with Gasteiger partial charge in [-0.2, -0.15) is 0 Å². The summed E-state index contributed by atoms with van der Waals surface area (Å²) in [6, 6.07) is 19.0. The molecule has 1 nitrogen and oxygen atoms in total. The Morgan fingerprint density at radius 3 is 2.19 bits per heavy atom. The zero-order valence-corrected chi connectivity index (χ0v) is 11.4. The van der Waals surface area contributed by atoms with E-state index in [1.807, 2.05) is 6.07 Å². The van der Waals surface area contributed by atoms with E-state index >= 15 is 0 Å². The summed E-state index contributed by atoms with van der Waals surface area (Å²) in [6.45, 7) is 0. The van der Waals surface area contributed by atoms with Crippen LogP contribution in [0.1, 0.15) is 16.8 Å². The van der Waals surface area contributed by atoms with Crippen molar-refractivity contribution in [3.05, 3.63) is 65.4 Å². The second-order valence-corrected chi connectivity index (χ2v) is 5.69. The molecule has 0 unspecified atom stereocenters. The lowest BCUT2D eigenvalue weighted by Gasteiger charge is -2.17. The third-order valence-corrected chi connectivity index (χ3v) is 4.60. The van der Waals surface area contributed by atoms with Gasteiger partial charge in [-0.3, -0.25) is 4.79 Å². The van der Waals surface area contributed by atoms with E-state index in [-0.39, 0.29) is 5.78 Å². The lowest BCUT2D eigenvalue weighted by atomic mass is 9.85. The van der Waals surface area contributed by atoms with Gasteiger partial charge in [0.05, 0.1) is 0 Å². The Balaban J connectivity index is 2.28. The minimum atomic E-state index is 0.233. The van der Waals surface area contributed by atoms with E-state index < -0.39 is 0 Å². The Morgan fingerprint density at radius 1 is 0.714 bits per heavy atom. The molecule has 21 heavy (non-hydrogen) atoms. The van der Waals surface area contributed by atoms with Crippen LogP contribution in [-0.4, -0.2) is 5.78 Å². The molecule has 0 atom stereocenters. The first-order valence-corrected chi connectivity index (χ1v) is 7.24. The third kappa shape index (κ3) is 1.28. The fraction of sp³-hybridized carbons (Fsp3) is 0.0500. The topological polar surface area (TPSA) is 17.1 Å². The van der Waals surface area contributed by atoms with Gasteiger partial charge in [0.25, 0.3) is 0 Å². The quantitative estimate of drug-likeness (QED) is 0.344. The van der Waals surface area contributed by atoms with Crippen molar-refractivity contribution in [3.63, 3.8) is 0 Å².